The maximum atomic E-state index is 6.04. The first kappa shape index (κ1) is 23.6. The number of piperazine rings is 1. The van der Waals surface area contributed by atoms with Crippen molar-refractivity contribution in [1.82, 2.24) is 24.8 Å². The van der Waals surface area contributed by atoms with Crippen LogP contribution in [-0.2, 0) is 6.54 Å². The molecule has 1 saturated heterocycles. The molecule has 10 heteroatoms. The fourth-order valence-electron chi connectivity index (χ4n) is 4.41. The van der Waals surface area contributed by atoms with Gasteiger partial charge >= 0.3 is 0 Å². The summed E-state index contributed by atoms with van der Waals surface area (Å²) in [5, 5.41) is 0. The van der Waals surface area contributed by atoms with E-state index in [1.807, 2.05) is 30.3 Å². The zero-order chi connectivity index (χ0) is 25.1. The molecule has 1 fully saturated rings. The SMILES string of the molecule is COc1cccc(CN2CCN(c3nc(N)nc4ncc(-c5ccc(OC)c(OC)c5)nc34)CC2)c1. The van der Waals surface area contributed by atoms with Crippen molar-refractivity contribution in [2.24, 2.45) is 0 Å². The van der Waals surface area contributed by atoms with Gasteiger partial charge in [0.1, 0.15) is 5.75 Å². The Bertz CT molecular complexity index is 1370. The van der Waals surface area contributed by atoms with Crippen LogP contribution in [0.3, 0.4) is 0 Å². The van der Waals surface area contributed by atoms with Crippen molar-refractivity contribution >= 4 is 22.9 Å². The van der Waals surface area contributed by atoms with Crippen LogP contribution in [0.15, 0.2) is 48.7 Å². The number of hydrogen-bond donors (Lipinski definition) is 1. The van der Waals surface area contributed by atoms with E-state index in [0.29, 0.717) is 34.2 Å². The number of anilines is 2. The minimum absolute atomic E-state index is 0.185. The molecule has 0 aliphatic carbocycles. The van der Waals surface area contributed by atoms with Gasteiger partial charge in [-0.2, -0.15) is 9.97 Å². The molecule has 186 valence electrons. The predicted molar refractivity (Wildman–Crippen MR) is 139 cm³/mol. The molecule has 0 saturated carbocycles. The lowest BCUT2D eigenvalue weighted by Gasteiger charge is -2.35. The molecule has 0 spiro atoms. The highest BCUT2D eigenvalue weighted by atomic mass is 16.5. The van der Waals surface area contributed by atoms with Crippen LogP contribution in [0, 0.1) is 0 Å². The lowest BCUT2D eigenvalue weighted by molar-refractivity contribution is 0.249. The third-order valence-electron chi connectivity index (χ3n) is 6.30. The van der Waals surface area contributed by atoms with Gasteiger partial charge in [-0.1, -0.05) is 12.1 Å². The molecule has 0 radical (unpaired) electrons. The van der Waals surface area contributed by atoms with Gasteiger partial charge in [0.25, 0.3) is 0 Å². The minimum atomic E-state index is 0.185. The molecule has 0 amide bonds. The third kappa shape index (κ3) is 4.80. The van der Waals surface area contributed by atoms with Crippen LogP contribution in [-0.4, -0.2) is 72.3 Å². The molecule has 1 aliphatic heterocycles. The molecule has 10 nitrogen and oxygen atoms in total. The van der Waals surface area contributed by atoms with Gasteiger partial charge in [-0.15, -0.1) is 0 Å². The Morgan fingerprint density at radius 1 is 0.861 bits per heavy atom. The van der Waals surface area contributed by atoms with Crippen molar-refractivity contribution in [1.29, 1.82) is 0 Å². The lowest BCUT2D eigenvalue weighted by Crippen LogP contribution is -2.46. The molecule has 0 unspecified atom stereocenters. The van der Waals surface area contributed by atoms with E-state index in [1.165, 1.54) is 5.56 Å². The molecule has 4 aromatic rings. The van der Waals surface area contributed by atoms with E-state index in [0.717, 1.165) is 44.0 Å². The largest absolute Gasteiger partial charge is 0.497 e. The van der Waals surface area contributed by atoms with Crippen LogP contribution < -0.4 is 24.8 Å². The summed E-state index contributed by atoms with van der Waals surface area (Å²) in [5.74, 6) is 3.03. The highest BCUT2D eigenvalue weighted by Gasteiger charge is 2.22. The summed E-state index contributed by atoms with van der Waals surface area (Å²) in [7, 11) is 4.91. The number of rotatable bonds is 7. The monoisotopic (exact) mass is 487 g/mol. The van der Waals surface area contributed by atoms with Gasteiger partial charge in [0.2, 0.25) is 5.95 Å². The van der Waals surface area contributed by atoms with E-state index >= 15 is 0 Å². The first-order valence-electron chi connectivity index (χ1n) is 11.7. The van der Waals surface area contributed by atoms with Crippen LogP contribution in [0.2, 0.25) is 0 Å². The topological polar surface area (TPSA) is 112 Å². The van der Waals surface area contributed by atoms with Crippen molar-refractivity contribution in [2.75, 3.05) is 58.1 Å². The van der Waals surface area contributed by atoms with E-state index in [4.69, 9.17) is 24.9 Å². The highest BCUT2D eigenvalue weighted by Crippen LogP contribution is 2.33. The Labute approximate surface area is 209 Å². The predicted octanol–water partition coefficient (Wildman–Crippen LogP) is 3.02. The molecule has 36 heavy (non-hydrogen) atoms. The van der Waals surface area contributed by atoms with E-state index in [9.17, 15) is 0 Å². The number of nitrogens with two attached hydrogens (primary N) is 1. The number of aromatic nitrogens is 4. The average Bonchev–Trinajstić information content (AvgIpc) is 2.92. The first-order valence-corrected chi connectivity index (χ1v) is 11.7. The first-order chi connectivity index (χ1) is 17.6. The second-order valence-corrected chi connectivity index (χ2v) is 8.52. The van der Waals surface area contributed by atoms with Gasteiger partial charge in [-0.05, 0) is 35.9 Å². The van der Waals surface area contributed by atoms with Gasteiger partial charge < -0.3 is 24.8 Å². The third-order valence-corrected chi connectivity index (χ3v) is 6.30. The number of methoxy groups -OCH3 is 3. The van der Waals surface area contributed by atoms with E-state index in [1.54, 1.807) is 27.5 Å². The summed E-state index contributed by atoms with van der Waals surface area (Å²) < 4.78 is 16.2. The number of benzene rings is 2. The molecular weight excluding hydrogens is 458 g/mol. The van der Waals surface area contributed by atoms with E-state index in [2.05, 4.69) is 36.9 Å². The molecule has 0 atom stereocenters. The van der Waals surface area contributed by atoms with Crippen molar-refractivity contribution in [3.8, 4) is 28.5 Å². The Balaban J connectivity index is 1.39. The van der Waals surface area contributed by atoms with Crippen LogP contribution in [0.4, 0.5) is 11.8 Å². The number of nitrogens with zero attached hydrogens (tertiary/aromatic N) is 6. The molecule has 3 heterocycles. The van der Waals surface area contributed by atoms with Crippen molar-refractivity contribution in [3.63, 3.8) is 0 Å². The summed E-state index contributed by atoms with van der Waals surface area (Å²) in [6.45, 7) is 4.20. The number of fused-ring (bicyclic) bond motifs is 1. The second-order valence-electron chi connectivity index (χ2n) is 8.52. The molecule has 2 N–H and O–H groups in total. The minimum Gasteiger partial charge on any atom is -0.497 e. The van der Waals surface area contributed by atoms with Gasteiger partial charge in [-0.3, -0.25) is 4.90 Å². The van der Waals surface area contributed by atoms with Crippen molar-refractivity contribution < 1.29 is 14.2 Å². The normalized spacial score (nSPS) is 14.1. The summed E-state index contributed by atoms with van der Waals surface area (Å²) in [6.07, 6.45) is 1.69. The lowest BCUT2D eigenvalue weighted by atomic mass is 10.1. The van der Waals surface area contributed by atoms with Crippen LogP contribution in [0.25, 0.3) is 22.4 Å². The Morgan fingerprint density at radius 2 is 1.67 bits per heavy atom. The van der Waals surface area contributed by atoms with Crippen LogP contribution in [0.1, 0.15) is 5.56 Å². The molecule has 0 bridgehead atoms. The maximum Gasteiger partial charge on any atom is 0.224 e. The van der Waals surface area contributed by atoms with Gasteiger partial charge in [-0.25, -0.2) is 9.97 Å². The van der Waals surface area contributed by atoms with Gasteiger partial charge in [0.05, 0.1) is 33.2 Å². The fraction of sp³-hybridized carbons (Fsp3) is 0.308. The van der Waals surface area contributed by atoms with E-state index in [-0.39, 0.29) is 5.95 Å². The molecular formula is C26H29N7O3. The summed E-state index contributed by atoms with van der Waals surface area (Å²) in [6, 6.07) is 13.8. The number of nitrogen functional groups attached to an aromatic ring is 1. The Kier molecular flexibility index (Phi) is 6.68. The highest BCUT2D eigenvalue weighted by molar-refractivity contribution is 5.86. The molecule has 5 rings (SSSR count). The Hall–Kier alpha value is -4.18. The molecule has 2 aromatic heterocycles. The zero-order valence-electron chi connectivity index (χ0n) is 20.6. The summed E-state index contributed by atoms with van der Waals surface area (Å²) in [4.78, 5) is 22.9. The summed E-state index contributed by atoms with van der Waals surface area (Å²) in [5.41, 5.74) is 9.90. The Morgan fingerprint density at radius 3 is 2.42 bits per heavy atom. The summed E-state index contributed by atoms with van der Waals surface area (Å²) >= 11 is 0. The van der Waals surface area contributed by atoms with Crippen LogP contribution in [0.5, 0.6) is 17.2 Å². The zero-order valence-corrected chi connectivity index (χ0v) is 20.6. The van der Waals surface area contributed by atoms with Gasteiger partial charge in [0, 0.05) is 38.3 Å². The molecule has 1 aliphatic rings. The number of ether oxygens (including phenoxy) is 3. The van der Waals surface area contributed by atoms with E-state index < -0.39 is 0 Å². The number of hydrogen-bond acceptors (Lipinski definition) is 10. The average molecular weight is 488 g/mol. The van der Waals surface area contributed by atoms with Crippen molar-refractivity contribution in [2.45, 2.75) is 6.54 Å². The molecule has 2 aromatic carbocycles. The smallest absolute Gasteiger partial charge is 0.224 e. The van der Waals surface area contributed by atoms with Crippen LogP contribution >= 0.6 is 0 Å². The van der Waals surface area contributed by atoms with Gasteiger partial charge in [0.15, 0.2) is 28.5 Å². The second kappa shape index (κ2) is 10.2. The fourth-order valence-corrected chi connectivity index (χ4v) is 4.41. The van der Waals surface area contributed by atoms with Crippen molar-refractivity contribution in [3.05, 3.63) is 54.2 Å². The standard InChI is InChI=1S/C26H29N7O3/c1-34-19-6-4-5-17(13-19)16-32-9-11-33(12-10-32)25-23-24(30-26(27)31-25)28-15-20(29-23)18-7-8-21(35-2)22(14-18)36-3/h4-8,13-15H,9-12,16H2,1-3H3,(H2,27,28,30,31). The quantitative estimate of drug-likeness (QED) is 0.417. The maximum absolute atomic E-state index is 6.04.